The molecule has 0 saturated carbocycles. The zero-order valence-electron chi connectivity index (χ0n) is 16.5. The Hall–Kier alpha value is -2.88. The number of phenols is 1. The maximum absolute atomic E-state index is 10.8. The number of hydrogen-bond acceptors (Lipinski definition) is 3. The molecule has 0 amide bonds. The summed E-state index contributed by atoms with van der Waals surface area (Å²) >= 11 is 0. The zero-order chi connectivity index (χ0) is 19.4. The number of nitrogens with zero attached hydrogens (tertiary/aromatic N) is 3. The molecule has 0 saturated heterocycles. The molecule has 27 heavy (non-hydrogen) atoms. The molecule has 0 aliphatic heterocycles. The van der Waals surface area contributed by atoms with Gasteiger partial charge in [-0.2, -0.15) is 0 Å². The van der Waals surface area contributed by atoms with Crippen LogP contribution in [0.5, 0.6) is 5.75 Å². The van der Waals surface area contributed by atoms with Crippen LogP contribution in [0.2, 0.25) is 0 Å². The summed E-state index contributed by atoms with van der Waals surface area (Å²) in [5.41, 5.74) is 5.42. The number of fused-ring (bicyclic) bond motifs is 1. The van der Waals surface area contributed by atoms with Gasteiger partial charge in [0.05, 0.1) is 0 Å². The Morgan fingerprint density at radius 3 is 2.44 bits per heavy atom. The first-order valence-corrected chi connectivity index (χ1v) is 9.41. The van der Waals surface area contributed by atoms with E-state index in [-0.39, 0.29) is 5.75 Å². The molecule has 0 spiro atoms. The van der Waals surface area contributed by atoms with Crippen LogP contribution in [-0.2, 0) is 0 Å². The van der Waals surface area contributed by atoms with Crippen molar-refractivity contribution in [3.63, 3.8) is 0 Å². The number of rotatable bonds is 6. The van der Waals surface area contributed by atoms with E-state index < -0.39 is 0 Å². The van der Waals surface area contributed by atoms with Gasteiger partial charge < -0.3 is 5.11 Å². The second-order valence-electron chi connectivity index (χ2n) is 7.40. The first kappa shape index (κ1) is 18.9. The molecular formula is C23H27N3O. The molecule has 3 rings (SSSR count). The van der Waals surface area contributed by atoms with Crippen molar-refractivity contribution in [2.75, 3.05) is 0 Å². The third-order valence-corrected chi connectivity index (χ3v) is 4.54. The topological polar surface area (TPSA) is 50.9 Å². The van der Waals surface area contributed by atoms with Crippen LogP contribution in [0.1, 0.15) is 44.7 Å². The fourth-order valence-corrected chi connectivity index (χ4v) is 3.03. The van der Waals surface area contributed by atoms with E-state index in [1.54, 1.807) is 0 Å². The lowest BCUT2D eigenvalue weighted by Gasteiger charge is -2.09. The maximum Gasteiger partial charge on any atom is 0.150 e. The number of aromatic nitrogens is 3. The summed E-state index contributed by atoms with van der Waals surface area (Å²) in [4.78, 5) is 1.52. The van der Waals surface area contributed by atoms with Gasteiger partial charge in [0.2, 0.25) is 0 Å². The van der Waals surface area contributed by atoms with Crippen LogP contribution >= 0.6 is 0 Å². The van der Waals surface area contributed by atoms with Crippen molar-refractivity contribution in [2.45, 2.75) is 40.5 Å². The summed E-state index contributed by atoms with van der Waals surface area (Å²) < 4.78 is 0. The van der Waals surface area contributed by atoms with E-state index in [9.17, 15) is 5.11 Å². The van der Waals surface area contributed by atoms with Crippen LogP contribution in [0.15, 0.2) is 54.1 Å². The predicted molar refractivity (Wildman–Crippen MR) is 112 cm³/mol. The number of aromatic hydroxyl groups is 1. The Morgan fingerprint density at radius 2 is 1.81 bits per heavy atom. The minimum absolute atomic E-state index is 0.202. The normalized spacial score (nSPS) is 12.6. The van der Waals surface area contributed by atoms with Crippen molar-refractivity contribution in [3.8, 4) is 11.4 Å². The lowest BCUT2D eigenvalue weighted by atomic mass is 10.0. The molecule has 4 heteroatoms. The van der Waals surface area contributed by atoms with Crippen molar-refractivity contribution >= 4 is 17.1 Å². The largest absolute Gasteiger partial charge is 0.505 e. The number of phenolic OH excluding ortho intramolecular Hbond substituents is 1. The molecule has 0 bridgehead atoms. The SMILES string of the molecule is CC(C)=CCCC(C)/C=C/c1cc(C)cc(-n2nc3ccccc3n2)c1O. The van der Waals surface area contributed by atoms with Crippen molar-refractivity contribution in [1.82, 2.24) is 15.0 Å². The van der Waals surface area contributed by atoms with Gasteiger partial charge >= 0.3 is 0 Å². The summed E-state index contributed by atoms with van der Waals surface area (Å²) in [6.45, 7) is 8.46. The van der Waals surface area contributed by atoms with E-state index in [2.05, 4.69) is 43.1 Å². The van der Waals surface area contributed by atoms with E-state index in [1.165, 1.54) is 10.4 Å². The fourth-order valence-electron chi connectivity index (χ4n) is 3.03. The van der Waals surface area contributed by atoms with Crippen LogP contribution in [0.25, 0.3) is 22.8 Å². The summed E-state index contributed by atoms with van der Waals surface area (Å²) in [5, 5.41) is 19.8. The van der Waals surface area contributed by atoms with Gasteiger partial charge in [-0.1, -0.05) is 42.9 Å². The average Bonchev–Trinajstić information content (AvgIpc) is 3.05. The molecule has 0 aliphatic rings. The van der Waals surface area contributed by atoms with E-state index in [1.807, 2.05) is 49.4 Å². The minimum atomic E-state index is 0.202. The monoisotopic (exact) mass is 361 g/mol. The van der Waals surface area contributed by atoms with Crippen molar-refractivity contribution in [2.24, 2.45) is 5.92 Å². The summed E-state index contributed by atoms with van der Waals surface area (Å²) in [5.74, 6) is 0.642. The maximum atomic E-state index is 10.8. The third-order valence-electron chi connectivity index (χ3n) is 4.54. The van der Waals surface area contributed by atoms with Crippen molar-refractivity contribution < 1.29 is 5.11 Å². The van der Waals surface area contributed by atoms with Gasteiger partial charge in [-0.05, 0) is 69.4 Å². The lowest BCUT2D eigenvalue weighted by molar-refractivity contribution is 0.466. The Bertz CT molecular complexity index is 961. The van der Waals surface area contributed by atoms with Crippen molar-refractivity contribution in [3.05, 3.63) is 65.3 Å². The summed E-state index contributed by atoms with van der Waals surface area (Å²) in [7, 11) is 0. The van der Waals surface area contributed by atoms with Crippen LogP contribution < -0.4 is 0 Å². The highest BCUT2D eigenvalue weighted by molar-refractivity contribution is 5.74. The van der Waals surface area contributed by atoms with Gasteiger partial charge in [0.15, 0.2) is 0 Å². The minimum Gasteiger partial charge on any atom is -0.505 e. The molecule has 1 unspecified atom stereocenters. The molecule has 0 fully saturated rings. The van der Waals surface area contributed by atoms with E-state index in [4.69, 9.17) is 0 Å². The van der Waals surface area contributed by atoms with Crippen molar-refractivity contribution in [1.29, 1.82) is 0 Å². The average molecular weight is 361 g/mol. The molecular weight excluding hydrogens is 334 g/mol. The van der Waals surface area contributed by atoms with Crippen LogP contribution in [0, 0.1) is 12.8 Å². The van der Waals surface area contributed by atoms with Gasteiger partial charge in [0.1, 0.15) is 22.5 Å². The number of hydrogen-bond donors (Lipinski definition) is 1. The van der Waals surface area contributed by atoms with Gasteiger partial charge in [-0.3, -0.25) is 0 Å². The smallest absolute Gasteiger partial charge is 0.150 e. The molecule has 1 aromatic heterocycles. The first-order valence-electron chi connectivity index (χ1n) is 9.41. The molecule has 2 aromatic carbocycles. The Morgan fingerprint density at radius 1 is 1.15 bits per heavy atom. The highest BCUT2D eigenvalue weighted by Crippen LogP contribution is 2.29. The Labute approximate surface area is 160 Å². The molecule has 0 aliphatic carbocycles. The highest BCUT2D eigenvalue weighted by Gasteiger charge is 2.12. The van der Waals surface area contributed by atoms with E-state index in [0.717, 1.165) is 35.0 Å². The predicted octanol–water partition coefficient (Wildman–Crippen LogP) is 5.83. The first-order chi connectivity index (χ1) is 12.9. The van der Waals surface area contributed by atoms with Gasteiger partial charge in [0.25, 0.3) is 0 Å². The van der Waals surface area contributed by atoms with Gasteiger partial charge in [0, 0.05) is 5.56 Å². The van der Waals surface area contributed by atoms with Crippen LogP contribution in [0.4, 0.5) is 0 Å². The molecule has 3 aromatic rings. The second kappa shape index (κ2) is 8.21. The molecule has 0 radical (unpaired) electrons. The van der Waals surface area contributed by atoms with Crippen LogP contribution in [-0.4, -0.2) is 20.1 Å². The summed E-state index contributed by atoms with van der Waals surface area (Å²) in [6.07, 6.45) is 8.59. The zero-order valence-corrected chi connectivity index (χ0v) is 16.5. The molecule has 1 atom stereocenters. The third kappa shape index (κ3) is 4.64. The molecule has 4 nitrogen and oxygen atoms in total. The standard InChI is InChI=1S/C23H27N3O/c1-16(2)8-7-9-17(3)12-13-19-14-18(4)15-22(23(19)27)26-24-20-10-5-6-11-21(20)25-26/h5-6,8,10-15,17,27H,7,9H2,1-4H3/b13-12+. The highest BCUT2D eigenvalue weighted by atomic mass is 16.3. The number of aryl methyl sites for hydroxylation is 1. The quantitative estimate of drug-likeness (QED) is 0.562. The molecule has 1 heterocycles. The number of benzene rings is 2. The lowest BCUT2D eigenvalue weighted by Crippen LogP contribution is -2.00. The summed E-state index contributed by atoms with van der Waals surface area (Å²) in [6, 6.07) is 11.6. The van der Waals surface area contributed by atoms with Crippen LogP contribution in [0.3, 0.4) is 0 Å². The van der Waals surface area contributed by atoms with E-state index >= 15 is 0 Å². The molecule has 140 valence electrons. The fraction of sp³-hybridized carbons (Fsp3) is 0.304. The Balaban J connectivity index is 1.87. The van der Waals surface area contributed by atoms with E-state index in [0.29, 0.717) is 11.6 Å². The Kier molecular flexibility index (Phi) is 5.75. The second-order valence-corrected chi connectivity index (χ2v) is 7.40. The number of allylic oxidation sites excluding steroid dienone is 3. The van der Waals surface area contributed by atoms with Gasteiger partial charge in [-0.25, -0.2) is 0 Å². The molecule has 1 N–H and O–H groups in total. The van der Waals surface area contributed by atoms with Gasteiger partial charge in [-0.15, -0.1) is 15.0 Å².